The average Bonchev–Trinajstić information content (AvgIpc) is 2.84. The molecule has 150 valence electrons. The van der Waals surface area contributed by atoms with Crippen LogP contribution in [0.4, 0.5) is 26.3 Å². The van der Waals surface area contributed by atoms with Gasteiger partial charge in [-0.3, -0.25) is 0 Å². The van der Waals surface area contributed by atoms with Crippen molar-refractivity contribution in [2.24, 2.45) is 0 Å². The van der Waals surface area contributed by atoms with Gasteiger partial charge in [-0.15, -0.1) is 0 Å². The van der Waals surface area contributed by atoms with E-state index in [0.717, 1.165) is 18.2 Å². The van der Waals surface area contributed by atoms with Crippen molar-refractivity contribution < 1.29 is 53.1 Å². The van der Waals surface area contributed by atoms with Crippen molar-refractivity contribution in [1.82, 2.24) is 4.68 Å². The molecule has 0 spiro atoms. The molecule has 0 unspecified atom stereocenters. The fourth-order valence-electron chi connectivity index (χ4n) is 1.99. The van der Waals surface area contributed by atoms with Gasteiger partial charge in [-0.1, -0.05) is 22.0 Å². The van der Waals surface area contributed by atoms with Gasteiger partial charge in [-0.25, -0.2) is 9.47 Å². The molecule has 0 radical (unpaired) electrons. The molecule has 0 bridgehead atoms. The third-order valence-electron chi connectivity index (χ3n) is 3.06. The molecular weight excluding hydrogens is 434 g/mol. The third-order valence-corrected chi connectivity index (χ3v) is 6.56. The second kappa shape index (κ2) is 6.01. The minimum Gasteiger partial charge on any atom is -0.477 e. The van der Waals surface area contributed by atoms with Crippen molar-refractivity contribution in [3.63, 3.8) is 0 Å². The maximum atomic E-state index is 12.9. The topological polar surface area (TPSA) is 114 Å². The Morgan fingerprint density at radius 3 is 1.78 bits per heavy atom. The number of aromatic carboxylic acids is 1. The van der Waals surface area contributed by atoms with E-state index in [1.165, 1.54) is 6.07 Å². The zero-order chi connectivity index (χ0) is 21.0. The van der Waals surface area contributed by atoms with Crippen LogP contribution in [0.3, 0.4) is 0 Å². The highest BCUT2D eigenvalue weighted by atomic mass is 32.3. The van der Waals surface area contributed by atoms with Crippen LogP contribution in [0.15, 0.2) is 30.3 Å². The number of rotatable bonds is 4. The summed E-state index contributed by atoms with van der Waals surface area (Å²) in [7, 11) is -14.4. The lowest BCUT2D eigenvalue weighted by atomic mass is 10.2. The van der Waals surface area contributed by atoms with Gasteiger partial charge in [0.15, 0.2) is 5.69 Å². The lowest BCUT2D eigenvalue weighted by Gasteiger charge is -2.27. The zero-order valence-electron chi connectivity index (χ0n) is 12.4. The molecule has 0 aliphatic heterocycles. The normalized spacial score (nSPS) is 13.7. The summed E-state index contributed by atoms with van der Waals surface area (Å²) in [4.78, 5) is 11.2. The summed E-state index contributed by atoms with van der Waals surface area (Å²) < 4.78 is 121. The first kappa shape index (κ1) is 20.8. The number of carboxylic acid groups (broad SMARTS) is 1. The second-order valence-corrected chi connectivity index (χ2v) is 8.53. The Labute approximate surface area is 146 Å². The minimum absolute atomic E-state index is 0.324. The van der Waals surface area contributed by atoms with Gasteiger partial charge in [0.1, 0.15) is 0 Å². The molecule has 1 aromatic heterocycles. The van der Waals surface area contributed by atoms with Gasteiger partial charge < -0.3 is 5.11 Å². The van der Waals surface area contributed by atoms with E-state index in [2.05, 4.69) is 0 Å². The van der Waals surface area contributed by atoms with Crippen LogP contribution >= 0.6 is 0 Å². The molecule has 0 saturated heterocycles. The van der Waals surface area contributed by atoms with Crippen LogP contribution in [-0.2, 0) is 20.0 Å². The van der Waals surface area contributed by atoms with Gasteiger partial charge in [-0.05, 0) is 12.1 Å². The number of hydrogen-bond acceptors (Lipinski definition) is 5. The number of carbonyl (C=O) groups is 1. The van der Waals surface area contributed by atoms with Gasteiger partial charge in [0.05, 0.1) is 5.52 Å². The number of fused-ring (bicyclic) bond motifs is 1. The van der Waals surface area contributed by atoms with E-state index in [4.69, 9.17) is 5.11 Å². The maximum Gasteiger partial charge on any atom is 0.519 e. The largest absolute Gasteiger partial charge is 0.519 e. The van der Waals surface area contributed by atoms with E-state index in [-0.39, 0.29) is 5.39 Å². The van der Waals surface area contributed by atoms with Crippen molar-refractivity contribution in [3.05, 3.63) is 36.0 Å². The summed E-state index contributed by atoms with van der Waals surface area (Å²) in [5.74, 6) is -2.18. The Hall–Kier alpha value is -2.49. The van der Waals surface area contributed by atoms with E-state index in [1.54, 1.807) is 0 Å². The molecule has 1 N–H and O–H groups in total. The average molecular weight is 440 g/mol. The summed E-state index contributed by atoms with van der Waals surface area (Å²) in [5, 5.41) is 8.73. The van der Waals surface area contributed by atoms with Crippen LogP contribution in [0, 0.1) is 0 Å². The number of alkyl halides is 6. The number of para-hydroxylation sites is 1. The molecule has 0 aliphatic carbocycles. The van der Waals surface area contributed by atoms with Crippen LogP contribution < -0.4 is 3.82 Å². The number of hydrogen-bond donors (Lipinski definition) is 1. The Morgan fingerprint density at radius 2 is 1.37 bits per heavy atom. The lowest BCUT2D eigenvalue weighted by molar-refractivity contribution is -0.0471. The molecule has 2 rings (SSSR count). The predicted molar refractivity (Wildman–Crippen MR) is 77.1 cm³/mol. The van der Waals surface area contributed by atoms with E-state index < -0.39 is 56.7 Å². The van der Waals surface area contributed by atoms with Crippen molar-refractivity contribution in [2.45, 2.75) is 11.0 Å². The van der Waals surface area contributed by atoms with Crippen molar-refractivity contribution in [3.8, 4) is 0 Å². The summed E-state index contributed by atoms with van der Waals surface area (Å²) in [6.45, 7) is 0. The summed E-state index contributed by atoms with van der Waals surface area (Å²) in [6, 6.07) is 4.51. The second-order valence-electron chi connectivity index (χ2n) is 4.78. The number of nitrogens with zero attached hydrogens (tertiary/aromatic N) is 2. The Bertz CT molecular complexity index is 1070. The van der Waals surface area contributed by atoms with E-state index in [0.29, 0.717) is 6.07 Å². The van der Waals surface area contributed by atoms with Crippen molar-refractivity contribution in [1.29, 1.82) is 0 Å². The highest BCUT2D eigenvalue weighted by Gasteiger charge is 2.63. The Morgan fingerprint density at radius 1 is 0.926 bits per heavy atom. The standard InChI is InChI=1S/C11H6F6N2O6S2/c12-10(13,14)26(22,23)19(27(24,25)11(15,16)17)18-7-4-2-1-3-6(7)5-8(18)9(20)21/h1-5H,(H,20,21). The SMILES string of the molecule is O=C(O)c1cc2ccccc2n1N(S(=O)(=O)C(F)(F)F)S(=O)(=O)C(F)(F)F. The third kappa shape index (κ3) is 3.18. The van der Waals surface area contributed by atoms with E-state index in [1.807, 2.05) is 0 Å². The molecule has 16 heteroatoms. The molecule has 8 nitrogen and oxygen atoms in total. The predicted octanol–water partition coefficient (Wildman–Crippen LogP) is 1.98. The number of carboxylic acids is 1. The fourth-order valence-corrected chi connectivity index (χ4v) is 4.67. The number of aromatic nitrogens is 1. The first-order valence-corrected chi connectivity index (χ1v) is 9.18. The van der Waals surface area contributed by atoms with Gasteiger partial charge in [0.2, 0.25) is 0 Å². The number of sulfonamides is 2. The van der Waals surface area contributed by atoms with E-state index >= 15 is 0 Å². The fraction of sp³-hybridized carbons (Fsp3) is 0.182. The Kier molecular flexibility index (Phi) is 4.64. The monoisotopic (exact) mass is 440 g/mol. The molecule has 0 amide bonds. The molecule has 1 aromatic carbocycles. The van der Waals surface area contributed by atoms with Crippen molar-refractivity contribution >= 4 is 36.9 Å². The number of benzene rings is 1. The van der Waals surface area contributed by atoms with Gasteiger partial charge >= 0.3 is 37.0 Å². The van der Waals surface area contributed by atoms with Gasteiger partial charge in [-0.2, -0.15) is 43.2 Å². The Balaban J connectivity index is 3.08. The summed E-state index contributed by atoms with van der Waals surface area (Å²) in [6.07, 6.45) is 0. The summed E-state index contributed by atoms with van der Waals surface area (Å²) >= 11 is 0. The molecule has 0 atom stereocenters. The molecular formula is C11H6F6N2O6S2. The van der Waals surface area contributed by atoms with Gasteiger partial charge in [0, 0.05) is 5.39 Å². The van der Waals surface area contributed by atoms with Gasteiger partial charge in [0.25, 0.3) is 0 Å². The smallest absolute Gasteiger partial charge is 0.477 e. The molecule has 0 aliphatic rings. The van der Waals surface area contributed by atoms with Crippen LogP contribution in [0.2, 0.25) is 0 Å². The lowest BCUT2D eigenvalue weighted by Crippen LogP contribution is -2.55. The molecule has 0 fully saturated rings. The van der Waals surface area contributed by atoms with E-state index in [9.17, 15) is 48.0 Å². The highest BCUT2D eigenvalue weighted by molar-refractivity contribution is 8.10. The van der Waals surface area contributed by atoms with Crippen LogP contribution in [-0.4, -0.2) is 43.6 Å². The maximum absolute atomic E-state index is 12.9. The molecule has 1 heterocycles. The highest BCUT2D eigenvalue weighted by Crippen LogP contribution is 2.36. The van der Waals surface area contributed by atoms with Crippen LogP contribution in [0.1, 0.15) is 10.5 Å². The van der Waals surface area contributed by atoms with Crippen molar-refractivity contribution in [2.75, 3.05) is 3.82 Å². The molecule has 2 aromatic rings. The zero-order valence-corrected chi connectivity index (χ0v) is 14.0. The number of halogens is 6. The summed E-state index contributed by atoms with van der Waals surface area (Å²) in [5.41, 5.74) is -15.3. The first-order chi connectivity index (χ1) is 12.0. The molecule has 27 heavy (non-hydrogen) atoms. The first-order valence-electron chi connectivity index (χ1n) is 6.30. The molecule has 0 saturated carbocycles. The quantitative estimate of drug-likeness (QED) is 0.728. The van der Waals surface area contributed by atoms with Crippen LogP contribution in [0.5, 0.6) is 0 Å². The van der Waals surface area contributed by atoms with Crippen LogP contribution in [0.25, 0.3) is 10.9 Å². The minimum atomic E-state index is -7.22.